The van der Waals surface area contributed by atoms with Gasteiger partial charge in [0.15, 0.2) is 11.5 Å². The molecule has 0 aliphatic carbocycles. The van der Waals surface area contributed by atoms with Crippen LogP contribution in [0.3, 0.4) is 0 Å². The molecule has 0 saturated heterocycles. The van der Waals surface area contributed by atoms with Crippen molar-refractivity contribution in [3.05, 3.63) is 99.6 Å². The second-order valence-corrected chi connectivity index (χ2v) is 10.0. The molecule has 0 amide bonds. The second kappa shape index (κ2) is 9.89. The summed E-state index contributed by atoms with van der Waals surface area (Å²) in [5.74, 6) is 0.0608. The lowest BCUT2D eigenvalue weighted by Crippen LogP contribution is -2.33. The Hall–Kier alpha value is -3.69. The van der Waals surface area contributed by atoms with E-state index in [0.717, 1.165) is 15.9 Å². The highest BCUT2D eigenvalue weighted by Crippen LogP contribution is 2.31. The summed E-state index contributed by atoms with van der Waals surface area (Å²) in [4.78, 5) is 15.3. The first kappa shape index (κ1) is 24.4. The normalized spacial score (nSPS) is 11.7. The van der Waals surface area contributed by atoms with Crippen LogP contribution in [0.2, 0.25) is 0 Å². The maximum atomic E-state index is 14.5. The van der Waals surface area contributed by atoms with E-state index in [2.05, 4.69) is 4.98 Å². The number of halogens is 1. The average molecular weight is 497 g/mol. The van der Waals surface area contributed by atoms with Crippen LogP contribution in [0.15, 0.2) is 76.4 Å². The van der Waals surface area contributed by atoms with E-state index in [9.17, 15) is 17.6 Å². The summed E-state index contributed by atoms with van der Waals surface area (Å²) >= 11 is 0. The number of aromatic amines is 1. The van der Waals surface area contributed by atoms with Crippen molar-refractivity contribution < 1.29 is 22.3 Å². The van der Waals surface area contributed by atoms with Crippen LogP contribution in [0.1, 0.15) is 16.7 Å². The van der Waals surface area contributed by atoms with Gasteiger partial charge in [0.05, 0.1) is 19.7 Å². The quantitative estimate of drug-likeness (QED) is 0.391. The first-order valence-electron chi connectivity index (χ1n) is 10.8. The molecule has 7 nitrogen and oxygen atoms in total. The molecule has 1 aromatic heterocycles. The summed E-state index contributed by atoms with van der Waals surface area (Å²) < 4.78 is 53.3. The van der Waals surface area contributed by atoms with Gasteiger partial charge in [-0.15, -0.1) is 0 Å². The van der Waals surface area contributed by atoms with Gasteiger partial charge in [-0.05, 0) is 36.8 Å². The zero-order chi connectivity index (χ0) is 25.2. The van der Waals surface area contributed by atoms with E-state index in [0.29, 0.717) is 28.0 Å². The van der Waals surface area contributed by atoms with E-state index < -0.39 is 26.3 Å². The van der Waals surface area contributed by atoms with Crippen LogP contribution in [0.5, 0.6) is 11.5 Å². The zero-order valence-corrected chi connectivity index (χ0v) is 20.4. The smallest absolute Gasteiger partial charge is 0.252 e. The van der Waals surface area contributed by atoms with Gasteiger partial charge in [-0.25, -0.2) is 12.8 Å². The molecule has 9 heteroatoms. The number of nitrogens with one attached hydrogen (secondary N) is 1. The lowest BCUT2D eigenvalue weighted by Gasteiger charge is -2.23. The molecule has 0 atom stereocenters. The van der Waals surface area contributed by atoms with Crippen LogP contribution >= 0.6 is 0 Å². The van der Waals surface area contributed by atoms with Gasteiger partial charge in [0.1, 0.15) is 10.7 Å². The van der Waals surface area contributed by atoms with Gasteiger partial charge in [0.25, 0.3) is 5.56 Å². The van der Waals surface area contributed by atoms with Crippen molar-refractivity contribution in [3.63, 3.8) is 0 Å². The number of methoxy groups -OCH3 is 2. The number of aromatic nitrogens is 1. The molecule has 0 spiro atoms. The molecular formula is C26H25FN2O5S. The van der Waals surface area contributed by atoms with Crippen molar-refractivity contribution in [2.45, 2.75) is 24.9 Å². The zero-order valence-electron chi connectivity index (χ0n) is 19.5. The van der Waals surface area contributed by atoms with Crippen molar-refractivity contribution in [1.29, 1.82) is 0 Å². The summed E-state index contributed by atoms with van der Waals surface area (Å²) in [6.45, 7) is 1.63. The van der Waals surface area contributed by atoms with Gasteiger partial charge in [-0.1, -0.05) is 42.0 Å². The number of H-pyrrole nitrogens is 1. The first-order valence-corrected chi connectivity index (χ1v) is 12.2. The molecule has 4 aromatic rings. The predicted octanol–water partition coefficient (Wildman–Crippen LogP) is 4.38. The molecule has 1 N–H and O–H groups in total. The second-order valence-electron chi connectivity index (χ2n) is 8.11. The van der Waals surface area contributed by atoms with E-state index in [1.165, 1.54) is 32.4 Å². The lowest BCUT2D eigenvalue weighted by atomic mass is 10.1. The third-order valence-electron chi connectivity index (χ3n) is 5.71. The fraction of sp³-hybridized carbons (Fsp3) is 0.192. The van der Waals surface area contributed by atoms with E-state index in [4.69, 9.17) is 9.47 Å². The number of sulfonamides is 1. The standard InChI is InChI=1S/C26H25FN2O5S/c1-17-8-10-18(11-9-17)15-29(35(31,32)25-7-5-4-6-21(25)27)16-20-12-19-13-23(33-2)24(34-3)14-22(19)28-26(20)30/h4-14H,15-16H2,1-3H3,(H,28,30). The Labute approximate surface area is 202 Å². The largest absolute Gasteiger partial charge is 0.493 e. The topological polar surface area (TPSA) is 88.7 Å². The van der Waals surface area contributed by atoms with E-state index >= 15 is 0 Å². The van der Waals surface area contributed by atoms with Gasteiger partial charge in [-0.2, -0.15) is 4.31 Å². The minimum absolute atomic E-state index is 0.0413. The van der Waals surface area contributed by atoms with E-state index in [1.54, 1.807) is 30.3 Å². The van der Waals surface area contributed by atoms with Crippen molar-refractivity contribution in [1.82, 2.24) is 9.29 Å². The summed E-state index contributed by atoms with van der Waals surface area (Å²) in [5, 5.41) is 0.635. The van der Waals surface area contributed by atoms with Gasteiger partial charge < -0.3 is 14.5 Å². The van der Waals surface area contributed by atoms with Crippen molar-refractivity contribution in [2.75, 3.05) is 14.2 Å². The molecule has 0 unspecified atom stereocenters. The number of benzene rings is 3. The maximum absolute atomic E-state index is 14.5. The van der Waals surface area contributed by atoms with E-state index in [-0.39, 0.29) is 18.7 Å². The highest BCUT2D eigenvalue weighted by molar-refractivity contribution is 7.89. The first-order chi connectivity index (χ1) is 16.7. The Morgan fingerprint density at radius 2 is 1.57 bits per heavy atom. The molecule has 0 saturated carbocycles. The summed E-state index contributed by atoms with van der Waals surface area (Å²) in [6.07, 6.45) is 0. The number of pyridine rings is 1. The van der Waals surface area contributed by atoms with Crippen LogP contribution in [-0.2, 0) is 23.1 Å². The molecule has 182 valence electrons. The monoisotopic (exact) mass is 496 g/mol. The lowest BCUT2D eigenvalue weighted by molar-refractivity contribution is 0.355. The SMILES string of the molecule is COc1cc2cc(CN(Cc3ccc(C)cc3)S(=O)(=O)c3ccccc3F)c(=O)[nH]c2cc1OC. The highest BCUT2D eigenvalue weighted by Gasteiger charge is 2.28. The molecule has 35 heavy (non-hydrogen) atoms. The number of hydrogen-bond donors (Lipinski definition) is 1. The Morgan fingerprint density at radius 3 is 2.23 bits per heavy atom. The summed E-state index contributed by atoms with van der Waals surface area (Å²) in [7, 11) is -1.28. The number of nitrogens with zero attached hydrogens (tertiary/aromatic N) is 1. The highest BCUT2D eigenvalue weighted by atomic mass is 32.2. The Balaban J connectivity index is 1.80. The molecule has 0 bridgehead atoms. The van der Waals surface area contributed by atoms with Crippen LogP contribution in [0.25, 0.3) is 10.9 Å². The predicted molar refractivity (Wildman–Crippen MR) is 132 cm³/mol. The molecule has 0 fully saturated rings. The molecule has 3 aromatic carbocycles. The Bertz CT molecular complexity index is 1530. The third-order valence-corrected chi connectivity index (χ3v) is 7.53. The minimum Gasteiger partial charge on any atom is -0.493 e. The molecule has 0 aliphatic rings. The summed E-state index contributed by atoms with van der Waals surface area (Å²) in [6, 6.07) is 17.5. The fourth-order valence-corrected chi connectivity index (χ4v) is 5.27. The number of aryl methyl sites for hydroxylation is 1. The van der Waals surface area contributed by atoms with Gasteiger partial charge in [-0.3, -0.25) is 4.79 Å². The van der Waals surface area contributed by atoms with Gasteiger partial charge in [0, 0.05) is 30.1 Å². The molecule has 1 heterocycles. The number of rotatable bonds is 8. The van der Waals surface area contributed by atoms with Crippen LogP contribution in [0.4, 0.5) is 4.39 Å². The molecule has 0 radical (unpaired) electrons. The van der Waals surface area contributed by atoms with Crippen LogP contribution < -0.4 is 15.0 Å². The summed E-state index contributed by atoms with van der Waals surface area (Å²) in [5.41, 5.74) is 1.99. The van der Waals surface area contributed by atoms with Crippen molar-refractivity contribution >= 4 is 20.9 Å². The number of fused-ring (bicyclic) bond motifs is 1. The minimum atomic E-state index is -4.27. The van der Waals surface area contributed by atoms with E-state index in [1.807, 2.05) is 19.1 Å². The van der Waals surface area contributed by atoms with Crippen LogP contribution in [-0.4, -0.2) is 31.9 Å². The number of ether oxygens (including phenoxy) is 2. The van der Waals surface area contributed by atoms with Crippen LogP contribution in [0, 0.1) is 12.7 Å². The van der Waals surface area contributed by atoms with Crippen molar-refractivity contribution in [3.8, 4) is 11.5 Å². The molecule has 0 aliphatic heterocycles. The Morgan fingerprint density at radius 1 is 0.914 bits per heavy atom. The van der Waals surface area contributed by atoms with Gasteiger partial charge in [0.2, 0.25) is 10.0 Å². The average Bonchev–Trinajstić information content (AvgIpc) is 2.84. The Kier molecular flexibility index (Phi) is 6.90. The number of hydrogen-bond acceptors (Lipinski definition) is 5. The third kappa shape index (κ3) is 5.06. The molecule has 4 rings (SSSR count). The maximum Gasteiger partial charge on any atom is 0.252 e. The molecular weight excluding hydrogens is 471 g/mol. The fourth-order valence-electron chi connectivity index (χ4n) is 3.80. The van der Waals surface area contributed by atoms with Gasteiger partial charge >= 0.3 is 0 Å². The van der Waals surface area contributed by atoms with Crippen molar-refractivity contribution in [2.24, 2.45) is 0 Å².